The molecule has 0 amide bonds. The van der Waals surface area contributed by atoms with Crippen LogP contribution in [0, 0.1) is 0 Å². The SMILES string of the molecule is Nc1ccc(C(O)P(=O)([O-])O)cc1.[Na+]. The molecule has 72 valence electrons. The fourth-order valence-corrected chi connectivity index (χ4v) is 1.41. The zero-order valence-corrected chi connectivity index (χ0v) is 10.5. The third-order valence-electron chi connectivity index (χ3n) is 1.54. The molecule has 14 heavy (non-hydrogen) atoms. The summed E-state index contributed by atoms with van der Waals surface area (Å²) < 4.78 is 10.5. The average Bonchev–Trinajstić information content (AvgIpc) is 2.03. The molecule has 1 aromatic carbocycles. The van der Waals surface area contributed by atoms with Crippen LogP contribution in [0.25, 0.3) is 0 Å². The van der Waals surface area contributed by atoms with E-state index in [1.54, 1.807) is 0 Å². The van der Waals surface area contributed by atoms with Crippen LogP contribution in [0.4, 0.5) is 5.69 Å². The second kappa shape index (κ2) is 5.28. The average molecular weight is 225 g/mol. The normalized spacial score (nSPS) is 16.5. The standard InChI is InChI=1S/C7H10NO4P.Na/c8-6-3-1-5(2-4-6)7(9)13(10,11)12;/h1-4,7,9H,8H2,(H2,10,11,12);/q;+1/p-1. The maximum atomic E-state index is 10.5. The summed E-state index contributed by atoms with van der Waals surface area (Å²) in [5.41, 5.74) is 5.89. The molecule has 0 aliphatic carbocycles. The molecule has 0 aliphatic heterocycles. The van der Waals surface area contributed by atoms with Gasteiger partial charge in [0.05, 0.1) is 0 Å². The fourth-order valence-electron chi connectivity index (χ4n) is 0.857. The van der Waals surface area contributed by atoms with E-state index in [-0.39, 0.29) is 35.1 Å². The van der Waals surface area contributed by atoms with E-state index < -0.39 is 13.4 Å². The van der Waals surface area contributed by atoms with Gasteiger partial charge >= 0.3 is 29.6 Å². The third-order valence-corrected chi connectivity index (χ3v) is 2.46. The largest absolute Gasteiger partial charge is 1.00 e. The molecule has 1 aromatic rings. The molecule has 1 rings (SSSR count). The van der Waals surface area contributed by atoms with E-state index >= 15 is 0 Å². The van der Waals surface area contributed by atoms with Crippen molar-refractivity contribution in [2.24, 2.45) is 0 Å². The number of anilines is 1. The van der Waals surface area contributed by atoms with Crippen LogP contribution in [0.2, 0.25) is 0 Å². The van der Waals surface area contributed by atoms with Gasteiger partial charge in [-0.25, -0.2) is 0 Å². The summed E-state index contributed by atoms with van der Waals surface area (Å²) in [6.07, 6.45) is 0. The Morgan fingerprint density at radius 2 is 1.79 bits per heavy atom. The summed E-state index contributed by atoms with van der Waals surface area (Å²) in [5, 5.41) is 9.08. The van der Waals surface area contributed by atoms with Gasteiger partial charge in [0.15, 0.2) is 7.60 Å². The number of aliphatic hydroxyl groups is 1. The van der Waals surface area contributed by atoms with Gasteiger partial charge in [-0.15, -0.1) is 0 Å². The maximum absolute atomic E-state index is 10.5. The van der Waals surface area contributed by atoms with Crippen LogP contribution in [0.15, 0.2) is 24.3 Å². The van der Waals surface area contributed by atoms with Gasteiger partial charge < -0.3 is 25.2 Å². The molecule has 0 saturated carbocycles. The fraction of sp³-hybridized carbons (Fsp3) is 0.143. The first-order valence-corrected chi connectivity index (χ1v) is 5.13. The molecule has 0 aliphatic rings. The maximum Gasteiger partial charge on any atom is 1.00 e. The molecule has 0 bridgehead atoms. The second-order valence-corrected chi connectivity index (χ2v) is 4.22. The van der Waals surface area contributed by atoms with Crippen molar-refractivity contribution in [2.75, 3.05) is 5.73 Å². The first-order valence-electron chi connectivity index (χ1n) is 3.48. The predicted octanol–water partition coefficient (Wildman–Crippen LogP) is -3.19. The Balaban J connectivity index is 0.00000169. The number of nitrogens with two attached hydrogens (primary N) is 1. The topological polar surface area (TPSA) is 107 Å². The van der Waals surface area contributed by atoms with Crippen LogP contribution in [-0.4, -0.2) is 10.00 Å². The summed E-state index contributed by atoms with van der Waals surface area (Å²) in [6, 6.07) is 5.55. The summed E-state index contributed by atoms with van der Waals surface area (Å²) >= 11 is 0. The van der Waals surface area contributed by atoms with Crippen LogP contribution >= 0.6 is 7.60 Å². The van der Waals surface area contributed by atoms with Gasteiger partial charge in [0, 0.05) is 5.69 Å². The van der Waals surface area contributed by atoms with Gasteiger partial charge in [-0.05, 0) is 17.7 Å². The Morgan fingerprint density at radius 1 is 1.36 bits per heavy atom. The van der Waals surface area contributed by atoms with E-state index in [2.05, 4.69) is 0 Å². The molecule has 4 N–H and O–H groups in total. The van der Waals surface area contributed by atoms with Crippen LogP contribution < -0.4 is 40.2 Å². The van der Waals surface area contributed by atoms with Gasteiger partial charge in [-0.1, -0.05) is 12.1 Å². The Hall–Kier alpha value is 0.130. The van der Waals surface area contributed by atoms with Gasteiger partial charge in [0.2, 0.25) is 0 Å². The van der Waals surface area contributed by atoms with Gasteiger partial charge in [0.25, 0.3) is 0 Å². The van der Waals surface area contributed by atoms with Crippen molar-refractivity contribution in [3.8, 4) is 0 Å². The first-order chi connectivity index (χ1) is 5.91. The van der Waals surface area contributed by atoms with Crippen molar-refractivity contribution in [1.29, 1.82) is 0 Å². The zero-order chi connectivity index (χ0) is 10.1. The molecule has 0 radical (unpaired) electrons. The van der Waals surface area contributed by atoms with Crippen molar-refractivity contribution in [3.05, 3.63) is 29.8 Å². The summed E-state index contributed by atoms with van der Waals surface area (Å²) in [5.74, 6) is -1.88. The van der Waals surface area contributed by atoms with Crippen molar-refractivity contribution in [2.45, 2.75) is 5.85 Å². The van der Waals surface area contributed by atoms with Crippen LogP contribution in [0.5, 0.6) is 0 Å². The number of hydrogen-bond donors (Lipinski definition) is 3. The van der Waals surface area contributed by atoms with E-state index in [4.69, 9.17) is 15.7 Å². The molecule has 0 heterocycles. The van der Waals surface area contributed by atoms with E-state index in [0.29, 0.717) is 5.69 Å². The zero-order valence-electron chi connectivity index (χ0n) is 7.62. The number of rotatable bonds is 2. The van der Waals surface area contributed by atoms with Crippen molar-refractivity contribution in [3.63, 3.8) is 0 Å². The molecule has 2 atom stereocenters. The minimum atomic E-state index is -4.73. The molecule has 0 fully saturated rings. The number of nitrogen functional groups attached to an aromatic ring is 1. The number of aliphatic hydroxyl groups excluding tert-OH is 1. The molecule has 2 unspecified atom stereocenters. The van der Waals surface area contributed by atoms with Crippen molar-refractivity contribution in [1.82, 2.24) is 0 Å². The number of benzene rings is 1. The van der Waals surface area contributed by atoms with Crippen LogP contribution in [0.1, 0.15) is 11.4 Å². The Kier molecular flexibility index (Phi) is 5.33. The van der Waals surface area contributed by atoms with Gasteiger partial charge in [-0.3, -0.25) is 0 Å². The second-order valence-electron chi connectivity index (χ2n) is 2.60. The molecule has 0 spiro atoms. The van der Waals surface area contributed by atoms with Crippen molar-refractivity contribution < 1.29 is 49.0 Å². The smallest absolute Gasteiger partial charge is 0.777 e. The molecular weight excluding hydrogens is 216 g/mol. The molecule has 7 heteroatoms. The predicted molar refractivity (Wildman–Crippen MR) is 45.6 cm³/mol. The monoisotopic (exact) mass is 225 g/mol. The summed E-state index contributed by atoms with van der Waals surface area (Å²) in [7, 11) is -4.73. The van der Waals surface area contributed by atoms with E-state index in [9.17, 15) is 9.46 Å². The molecule has 0 saturated heterocycles. The van der Waals surface area contributed by atoms with Crippen LogP contribution in [0.3, 0.4) is 0 Å². The van der Waals surface area contributed by atoms with E-state index in [1.807, 2.05) is 0 Å². The number of hydrogen-bond acceptors (Lipinski definition) is 4. The third kappa shape index (κ3) is 3.71. The Bertz CT molecular complexity index is 336. The summed E-state index contributed by atoms with van der Waals surface area (Å²) in [6.45, 7) is 0. The van der Waals surface area contributed by atoms with Gasteiger partial charge in [0.1, 0.15) is 5.85 Å². The minimum absolute atomic E-state index is 0. The minimum Gasteiger partial charge on any atom is -0.777 e. The Labute approximate surface area is 103 Å². The molecule has 0 aromatic heterocycles. The van der Waals surface area contributed by atoms with Crippen LogP contribution in [-0.2, 0) is 4.57 Å². The Morgan fingerprint density at radius 3 is 2.14 bits per heavy atom. The molecular formula is C7H9NNaO4P. The van der Waals surface area contributed by atoms with E-state index in [1.165, 1.54) is 24.3 Å². The van der Waals surface area contributed by atoms with E-state index in [0.717, 1.165) is 0 Å². The first kappa shape index (κ1) is 14.1. The quantitative estimate of drug-likeness (QED) is 0.279. The molecule has 5 nitrogen and oxygen atoms in total. The van der Waals surface area contributed by atoms with Crippen molar-refractivity contribution >= 4 is 13.3 Å². The van der Waals surface area contributed by atoms with Gasteiger partial charge in [-0.2, -0.15) is 0 Å². The summed E-state index contributed by atoms with van der Waals surface area (Å²) in [4.78, 5) is 19.0.